The van der Waals surface area contributed by atoms with Gasteiger partial charge in [-0.1, -0.05) is 13.8 Å². The number of nitrogens with two attached hydrogens (primary N) is 1. The van der Waals surface area contributed by atoms with E-state index < -0.39 is 12.0 Å². The second-order valence-electron chi connectivity index (χ2n) is 2.57. The van der Waals surface area contributed by atoms with Crippen LogP contribution in [0.5, 0.6) is 0 Å². The minimum Gasteiger partial charge on any atom is -0.480 e. The Morgan fingerprint density at radius 2 is 2.00 bits per heavy atom. The van der Waals surface area contributed by atoms with E-state index >= 15 is 0 Å². The average Bonchev–Trinajstić information content (AvgIpc) is 1.63. The monoisotopic (exact) mass is 154 g/mol. The summed E-state index contributed by atoms with van der Waals surface area (Å²) in [6, 6.07) is -0.690. The first-order chi connectivity index (χ1) is 4.04. The van der Waals surface area contributed by atoms with E-state index in [4.69, 9.17) is 10.8 Å². The fourth-order valence-corrected chi connectivity index (χ4v) is 0.609. The maximum atomic E-state index is 10.1. The van der Waals surface area contributed by atoms with Gasteiger partial charge in [0.1, 0.15) is 6.04 Å². The fraction of sp³-hybridized carbons (Fsp3) is 0.833. The zero-order valence-corrected chi connectivity index (χ0v) is 8.79. The summed E-state index contributed by atoms with van der Waals surface area (Å²) in [7, 11) is 0. The largest absolute Gasteiger partial charge is 1.00 e. The minimum absolute atomic E-state index is 0. The zero-order valence-electron chi connectivity index (χ0n) is 6.79. The summed E-state index contributed by atoms with van der Waals surface area (Å²) in [4.78, 5) is 10.1. The van der Waals surface area contributed by atoms with Gasteiger partial charge in [0.15, 0.2) is 0 Å². The van der Waals surface area contributed by atoms with Gasteiger partial charge in [-0.05, 0) is 12.3 Å². The van der Waals surface area contributed by atoms with Crippen molar-refractivity contribution in [1.82, 2.24) is 0 Å². The maximum Gasteiger partial charge on any atom is 1.00 e. The van der Waals surface area contributed by atoms with Gasteiger partial charge >= 0.3 is 35.5 Å². The van der Waals surface area contributed by atoms with E-state index in [1.807, 2.05) is 13.8 Å². The van der Waals surface area contributed by atoms with Crippen molar-refractivity contribution in [3.05, 3.63) is 0 Å². The van der Waals surface area contributed by atoms with Gasteiger partial charge < -0.3 is 10.8 Å². The van der Waals surface area contributed by atoms with E-state index in [9.17, 15) is 4.79 Å². The molecule has 0 aliphatic heterocycles. The van der Waals surface area contributed by atoms with E-state index in [-0.39, 0.29) is 29.6 Å². The summed E-state index contributed by atoms with van der Waals surface area (Å²) in [6.07, 6.45) is 0.551. The molecule has 0 aromatic carbocycles. The minimum atomic E-state index is -0.913. The molecule has 0 heterocycles. The van der Waals surface area contributed by atoms with Gasteiger partial charge in [-0.3, -0.25) is 4.79 Å². The molecule has 10 heavy (non-hydrogen) atoms. The van der Waals surface area contributed by atoms with Gasteiger partial charge in [-0.2, -0.15) is 0 Å². The molecule has 0 unspecified atom stereocenters. The quantitative estimate of drug-likeness (QED) is 0.440. The third-order valence-electron chi connectivity index (χ3n) is 1.04. The van der Waals surface area contributed by atoms with Gasteiger partial charge in [-0.15, -0.1) is 0 Å². The molecule has 4 heteroatoms. The summed E-state index contributed by atoms with van der Waals surface area (Å²) in [5.74, 6) is -0.556. The Bertz CT molecular complexity index is 106. The van der Waals surface area contributed by atoms with Crippen LogP contribution in [0.1, 0.15) is 20.3 Å². The summed E-state index contributed by atoms with van der Waals surface area (Å²) in [6.45, 7) is 3.89. The van der Waals surface area contributed by atoms with Crippen LogP contribution in [0.15, 0.2) is 0 Å². The maximum absolute atomic E-state index is 10.1. The summed E-state index contributed by atoms with van der Waals surface area (Å²) < 4.78 is 0. The molecular formula is C6H13NNaO2+. The van der Waals surface area contributed by atoms with Crippen molar-refractivity contribution in [2.45, 2.75) is 26.3 Å². The van der Waals surface area contributed by atoms with Crippen molar-refractivity contribution < 1.29 is 39.5 Å². The smallest absolute Gasteiger partial charge is 0.480 e. The van der Waals surface area contributed by atoms with E-state index in [0.717, 1.165) is 0 Å². The number of hydrogen-bond acceptors (Lipinski definition) is 2. The molecule has 0 radical (unpaired) electrons. The van der Waals surface area contributed by atoms with Gasteiger partial charge in [-0.25, -0.2) is 0 Å². The molecule has 0 aromatic heterocycles. The number of carboxylic acid groups (broad SMARTS) is 1. The molecule has 1 atom stereocenters. The van der Waals surface area contributed by atoms with Gasteiger partial charge in [0.25, 0.3) is 0 Å². The third-order valence-corrected chi connectivity index (χ3v) is 1.04. The van der Waals surface area contributed by atoms with Crippen LogP contribution in [0.25, 0.3) is 0 Å². The number of carboxylic acids is 1. The van der Waals surface area contributed by atoms with Crippen molar-refractivity contribution in [2.75, 3.05) is 0 Å². The predicted molar refractivity (Wildman–Crippen MR) is 35.1 cm³/mol. The van der Waals surface area contributed by atoms with Crippen LogP contribution in [-0.4, -0.2) is 17.1 Å². The summed E-state index contributed by atoms with van der Waals surface area (Å²) >= 11 is 0. The second-order valence-corrected chi connectivity index (χ2v) is 2.57. The first-order valence-corrected chi connectivity index (χ1v) is 3.02. The first-order valence-electron chi connectivity index (χ1n) is 3.02. The van der Waals surface area contributed by atoms with E-state index in [0.29, 0.717) is 12.3 Å². The standard InChI is InChI=1S/C6H13NO2.Na/c1-4(2)3-5(7)6(8)9;/h4-5H,3,7H2,1-2H3,(H,8,9);/q;+1/t5-;/m0./s1. The second kappa shape index (κ2) is 6.16. The summed E-state index contributed by atoms with van der Waals surface area (Å²) in [5.41, 5.74) is 5.22. The molecule has 0 amide bonds. The fourth-order valence-electron chi connectivity index (χ4n) is 0.609. The SMILES string of the molecule is CC(C)C[C@H](N)C(=O)O.[Na+]. The van der Waals surface area contributed by atoms with Crippen molar-refractivity contribution in [2.24, 2.45) is 11.7 Å². The predicted octanol–water partition coefficient (Wildman–Crippen LogP) is -2.55. The number of hydrogen-bond donors (Lipinski definition) is 2. The zero-order chi connectivity index (χ0) is 7.44. The molecule has 0 saturated heterocycles. The Balaban J connectivity index is 0. The Morgan fingerprint density at radius 1 is 1.60 bits per heavy atom. The normalized spacial score (nSPS) is 12.4. The van der Waals surface area contributed by atoms with Crippen molar-refractivity contribution in [3.63, 3.8) is 0 Å². The van der Waals surface area contributed by atoms with Gasteiger partial charge in [0.2, 0.25) is 0 Å². The van der Waals surface area contributed by atoms with Gasteiger partial charge in [0.05, 0.1) is 0 Å². The van der Waals surface area contributed by atoms with Crippen LogP contribution < -0.4 is 35.3 Å². The van der Waals surface area contributed by atoms with E-state index in [1.165, 1.54) is 0 Å². The van der Waals surface area contributed by atoms with Crippen molar-refractivity contribution in [3.8, 4) is 0 Å². The Labute approximate surface area is 83.3 Å². The number of aliphatic carboxylic acids is 1. The molecule has 0 saturated carbocycles. The van der Waals surface area contributed by atoms with Crippen LogP contribution in [0, 0.1) is 5.92 Å². The molecular weight excluding hydrogens is 141 g/mol. The Kier molecular flexibility index (Phi) is 8.04. The number of carbonyl (C=O) groups is 1. The third kappa shape index (κ3) is 6.55. The Morgan fingerprint density at radius 3 is 2.10 bits per heavy atom. The molecule has 54 valence electrons. The Hall–Kier alpha value is 0.430. The van der Waals surface area contributed by atoms with Gasteiger partial charge in [0, 0.05) is 0 Å². The van der Waals surface area contributed by atoms with E-state index in [1.54, 1.807) is 0 Å². The molecule has 0 fully saturated rings. The van der Waals surface area contributed by atoms with Crippen molar-refractivity contribution in [1.29, 1.82) is 0 Å². The topological polar surface area (TPSA) is 63.3 Å². The molecule has 0 spiro atoms. The number of rotatable bonds is 3. The molecule has 3 nitrogen and oxygen atoms in total. The van der Waals surface area contributed by atoms with Crippen LogP contribution in [0.3, 0.4) is 0 Å². The van der Waals surface area contributed by atoms with E-state index in [2.05, 4.69) is 0 Å². The molecule has 0 aliphatic carbocycles. The average molecular weight is 154 g/mol. The molecule has 0 bridgehead atoms. The molecule has 0 rings (SSSR count). The van der Waals surface area contributed by atoms with Crippen LogP contribution in [0.2, 0.25) is 0 Å². The molecule has 0 aromatic rings. The van der Waals surface area contributed by atoms with Crippen LogP contribution >= 0.6 is 0 Å². The molecule has 0 aliphatic rings. The first kappa shape index (κ1) is 13.1. The molecule has 3 N–H and O–H groups in total. The van der Waals surface area contributed by atoms with Crippen molar-refractivity contribution >= 4 is 5.97 Å². The summed E-state index contributed by atoms with van der Waals surface area (Å²) in [5, 5.41) is 8.31. The van der Waals surface area contributed by atoms with Crippen LogP contribution in [-0.2, 0) is 4.79 Å². The van der Waals surface area contributed by atoms with Crippen LogP contribution in [0.4, 0.5) is 0 Å².